The Morgan fingerprint density at radius 2 is 1.24 bits per heavy atom. The second kappa shape index (κ2) is 15.6. The smallest absolute Gasteiger partial charge is 0.408 e. The van der Waals surface area contributed by atoms with Crippen LogP contribution in [0.5, 0.6) is 0 Å². The van der Waals surface area contributed by atoms with Gasteiger partial charge in [-0.2, -0.15) is 0 Å². The standard InChI is InChI=1S/C31H41N3O8/c1-30(2,3)41-25(35)18-17-23(27(37)32-22-15-11-8-12-16-22)33-28(38)24(19-26(36)42-31(4,5)6)34-29(39)40-20-21-13-9-7-10-14-21/h7-16,23-24H,17-20H2,1-6H3,(H,32,37)(H,33,38)(H,34,39)/t23-,24-/m0/s1. The first kappa shape index (κ1) is 33.8. The number of hydrogen-bond donors (Lipinski definition) is 3. The van der Waals surface area contributed by atoms with Gasteiger partial charge in [-0.1, -0.05) is 48.5 Å². The fourth-order valence-electron chi connectivity index (χ4n) is 3.61. The molecule has 2 aromatic rings. The number of esters is 2. The average molecular weight is 584 g/mol. The van der Waals surface area contributed by atoms with Crippen molar-refractivity contribution in [3.8, 4) is 0 Å². The highest BCUT2D eigenvalue weighted by atomic mass is 16.6. The lowest BCUT2D eigenvalue weighted by Gasteiger charge is -2.25. The summed E-state index contributed by atoms with van der Waals surface area (Å²) < 4.78 is 15.9. The third kappa shape index (κ3) is 13.8. The first-order valence-electron chi connectivity index (χ1n) is 13.7. The summed E-state index contributed by atoms with van der Waals surface area (Å²) in [6.45, 7) is 10.1. The molecule has 2 aromatic carbocycles. The SMILES string of the molecule is CC(C)(C)OC(=O)CC[C@H](NC(=O)[C@H](CC(=O)OC(C)(C)C)NC(=O)OCc1ccccc1)C(=O)Nc1ccccc1. The minimum atomic E-state index is -1.43. The van der Waals surface area contributed by atoms with Crippen LogP contribution >= 0.6 is 0 Å². The van der Waals surface area contributed by atoms with E-state index in [0.717, 1.165) is 5.56 Å². The molecule has 2 atom stereocenters. The normalized spacial score (nSPS) is 12.7. The molecule has 0 saturated heterocycles. The molecule has 228 valence electrons. The summed E-state index contributed by atoms with van der Waals surface area (Å²) in [5.41, 5.74) is -0.366. The Kier molecular flexibility index (Phi) is 12.5. The van der Waals surface area contributed by atoms with Crippen LogP contribution in [-0.4, -0.2) is 53.1 Å². The van der Waals surface area contributed by atoms with E-state index >= 15 is 0 Å². The number of nitrogens with one attached hydrogen (secondary N) is 3. The maximum absolute atomic E-state index is 13.4. The van der Waals surface area contributed by atoms with Crippen LogP contribution < -0.4 is 16.0 Å². The van der Waals surface area contributed by atoms with Gasteiger partial charge in [-0.05, 0) is 65.7 Å². The minimum absolute atomic E-state index is 0.0640. The lowest BCUT2D eigenvalue weighted by Crippen LogP contribution is -2.53. The van der Waals surface area contributed by atoms with Crippen LogP contribution in [0.1, 0.15) is 66.4 Å². The Labute approximate surface area is 246 Å². The largest absolute Gasteiger partial charge is 0.460 e. The zero-order valence-corrected chi connectivity index (χ0v) is 25.0. The number of anilines is 1. The van der Waals surface area contributed by atoms with Crippen molar-refractivity contribution < 1.29 is 38.2 Å². The van der Waals surface area contributed by atoms with E-state index in [4.69, 9.17) is 14.2 Å². The second-order valence-electron chi connectivity index (χ2n) is 11.6. The van der Waals surface area contributed by atoms with E-state index in [1.165, 1.54) is 0 Å². The highest BCUT2D eigenvalue weighted by Crippen LogP contribution is 2.14. The van der Waals surface area contributed by atoms with Crippen molar-refractivity contribution >= 4 is 35.5 Å². The molecular weight excluding hydrogens is 542 g/mol. The maximum atomic E-state index is 13.4. The summed E-state index contributed by atoms with van der Waals surface area (Å²) >= 11 is 0. The predicted molar refractivity (Wildman–Crippen MR) is 156 cm³/mol. The van der Waals surface area contributed by atoms with Crippen molar-refractivity contribution in [3.05, 3.63) is 66.2 Å². The first-order chi connectivity index (χ1) is 19.6. The van der Waals surface area contributed by atoms with E-state index in [0.29, 0.717) is 5.69 Å². The molecule has 3 amide bonds. The highest BCUT2D eigenvalue weighted by molar-refractivity contribution is 5.99. The van der Waals surface area contributed by atoms with Crippen LogP contribution in [0.4, 0.5) is 10.5 Å². The van der Waals surface area contributed by atoms with Gasteiger partial charge in [-0.3, -0.25) is 19.2 Å². The molecule has 0 aromatic heterocycles. The fourth-order valence-corrected chi connectivity index (χ4v) is 3.61. The van der Waals surface area contributed by atoms with Gasteiger partial charge in [0.05, 0.1) is 6.42 Å². The van der Waals surface area contributed by atoms with E-state index in [1.807, 2.05) is 6.07 Å². The van der Waals surface area contributed by atoms with E-state index in [1.54, 1.807) is 96.1 Å². The van der Waals surface area contributed by atoms with Crippen molar-refractivity contribution in [2.75, 3.05) is 5.32 Å². The monoisotopic (exact) mass is 583 g/mol. The molecule has 0 aliphatic rings. The summed E-state index contributed by atoms with van der Waals surface area (Å²) in [5.74, 6) is -2.73. The Hall–Kier alpha value is -4.41. The molecule has 0 saturated carbocycles. The first-order valence-corrected chi connectivity index (χ1v) is 13.7. The van der Waals surface area contributed by atoms with Gasteiger partial charge in [0, 0.05) is 12.1 Å². The molecule has 11 heteroatoms. The van der Waals surface area contributed by atoms with Crippen LogP contribution in [-0.2, 0) is 40.0 Å². The molecule has 3 N–H and O–H groups in total. The van der Waals surface area contributed by atoms with Crippen LogP contribution in [0, 0.1) is 0 Å². The number of rotatable bonds is 12. The number of benzene rings is 2. The van der Waals surface area contributed by atoms with Crippen molar-refractivity contribution in [2.24, 2.45) is 0 Å². The fraction of sp³-hybridized carbons (Fsp3) is 0.452. The van der Waals surface area contributed by atoms with Crippen molar-refractivity contribution in [2.45, 2.75) is 90.7 Å². The van der Waals surface area contributed by atoms with Gasteiger partial charge in [0.2, 0.25) is 11.8 Å². The molecule has 0 fully saturated rings. The molecule has 0 spiro atoms. The van der Waals surface area contributed by atoms with Gasteiger partial charge in [0.1, 0.15) is 29.9 Å². The van der Waals surface area contributed by atoms with Gasteiger partial charge < -0.3 is 30.2 Å². The Balaban J connectivity index is 2.20. The van der Waals surface area contributed by atoms with E-state index in [2.05, 4.69) is 16.0 Å². The topological polar surface area (TPSA) is 149 Å². The van der Waals surface area contributed by atoms with E-state index < -0.39 is 59.6 Å². The quantitative estimate of drug-likeness (QED) is 0.248. The van der Waals surface area contributed by atoms with Gasteiger partial charge >= 0.3 is 18.0 Å². The van der Waals surface area contributed by atoms with Gasteiger partial charge in [-0.25, -0.2) is 4.79 Å². The third-order valence-electron chi connectivity index (χ3n) is 5.34. The van der Waals surface area contributed by atoms with Crippen LogP contribution in [0.2, 0.25) is 0 Å². The summed E-state index contributed by atoms with van der Waals surface area (Å²) in [7, 11) is 0. The van der Waals surface area contributed by atoms with Crippen molar-refractivity contribution in [1.29, 1.82) is 0 Å². The molecular formula is C31H41N3O8. The number of hydrogen-bond acceptors (Lipinski definition) is 8. The molecule has 11 nitrogen and oxygen atoms in total. The van der Waals surface area contributed by atoms with Crippen LogP contribution in [0.25, 0.3) is 0 Å². The number of carbonyl (C=O) groups is 5. The summed E-state index contributed by atoms with van der Waals surface area (Å²) in [5, 5.41) is 7.66. The van der Waals surface area contributed by atoms with Crippen LogP contribution in [0.15, 0.2) is 60.7 Å². The van der Waals surface area contributed by atoms with Gasteiger partial charge in [-0.15, -0.1) is 0 Å². The molecule has 42 heavy (non-hydrogen) atoms. The molecule has 0 radical (unpaired) electrons. The van der Waals surface area contributed by atoms with E-state index in [-0.39, 0.29) is 19.4 Å². The Morgan fingerprint density at radius 1 is 0.690 bits per heavy atom. The number of para-hydroxylation sites is 1. The van der Waals surface area contributed by atoms with Gasteiger partial charge in [0.15, 0.2) is 0 Å². The van der Waals surface area contributed by atoms with Crippen molar-refractivity contribution in [1.82, 2.24) is 10.6 Å². The Bertz CT molecular complexity index is 1200. The molecule has 0 bridgehead atoms. The average Bonchev–Trinajstić information content (AvgIpc) is 2.88. The van der Waals surface area contributed by atoms with E-state index in [9.17, 15) is 24.0 Å². The number of carbonyl (C=O) groups excluding carboxylic acids is 5. The van der Waals surface area contributed by atoms with Crippen LogP contribution in [0.3, 0.4) is 0 Å². The maximum Gasteiger partial charge on any atom is 0.408 e. The predicted octanol–water partition coefficient (Wildman–Crippen LogP) is 4.26. The highest BCUT2D eigenvalue weighted by Gasteiger charge is 2.31. The number of alkyl carbamates (subject to hydrolysis) is 1. The second-order valence-corrected chi connectivity index (χ2v) is 11.6. The van der Waals surface area contributed by atoms with Crippen molar-refractivity contribution in [3.63, 3.8) is 0 Å². The molecule has 0 aliphatic carbocycles. The number of amides is 3. The molecule has 0 heterocycles. The third-order valence-corrected chi connectivity index (χ3v) is 5.34. The minimum Gasteiger partial charge on any atom is -0.460 e. The zero-order valence-electron chi connectivity index (χ0n) is 25.0. The molecule has 0 aliphatic heterocycles. The van der Waals surface area contributed by atoms with Gasteiger partial charge in [0.25, 0.3) is 0 Å². The molecule has 2 rings (SSSR count). The zero-order chi connectivity index (χ0) is 31.3. The molecule has 0 unspecified atom stereocenters. The summed E-state index contributed by atoms with van der Waals surface area (Å²) in [6.07, 6.45) is -1.74. The summed E-state index contributed by atoms with van der Waals surface area (Å²) in [6, 6.07) is 14.8. The lowest BCUT2D eigenvalue weighted by atomic mass is 10.1. The Morgan fingerprint density at radius 3 is 1.81 bits per heavy atom. The number of ether oxygens (including phenoxy) is 3. The summed E-state index contributed by atoms with van der Waals surface area (Å²) in [4.78, 5) is 64.2. The lowest BCUT2D eigenvalue weighted by molar-refractivity contribution is -0.156.